The number of aromatic nitrogens is 2. The molecule has 0 saturated heterocycles. The number of hydrogen-bond donors (Lipinski definition) is 2. The van der Waals surface area contributed by atoms with Crippen LogP contribution in [0.2, 0.25) is 0 Å². The highest BCUT2D eigenvalue weighted by Crippen LogP contribution is 2.23. The van der Waals surface area contributed by atoms with Crippen LogP contribution in [0.3, 0.4) is 0 Å². The largest absolute Gasteiger partial charge is 0.733 e. The van der Waals surface area contributed by atoms with Gasteiger partial charge in [0.1, 0.15) is 5.75 Å². The fourth-order valence-electron chi connectivity index (χ4n) is 1.18. The van der Waals surface area contributed by atoms with Crippen LogP contribution in [0.1, 0.15) is 0 Å². The second kappa shape index (κ2) is 4.82. The van der Waals surface area contributed by atoms with Crippen molar-refractivity contribution in [3.05, 3.63) is 41.5 Å². The molecule has 7 nitrogen and oxygen atoms in total. The van der Waals surface area contributed by atoms with Crippen molar-refractivity contribution in [1.29, 1.82) is 0 Å². The van der Waals surface area contributed by atoms with Gasteiger partial charge in [-0.25, -0.2) is 9.37 Å². The van der Waals surface area contributed by atoms with Crippen molar-refractivity contribution in [2.24, 2.45) is 0 Å². The van der Waals surface area contributed by atoms with Gasteiger partial charge in [-0.1, -0.05) is 6.07 Å². The zero-order valence-corrected chi connectivity index (χ0v) is 8.95. The van der Waals surface area contributed by atoms with E-state index in [0.29, 0.717) is 0 Å². The molecule has 18 heavy (non-hydrogen) atoms. The summed E-state index contributed by atoms with van der Waals surface area (Å²) in [6.07, 6.45) is 0.869. The highest BCUT2D eigenvalue weighted by atomic mass is 19.1. The molecule has 0 fully saturated rings. The smallest absolute Gasteiger partial charge is 0.324 e. The monoisotopic (exact) mass is 251 g/mol. The molecule has 3 N–H and O–H groups in total. The molecule has 1 heterocycles. The van der Waals surface area contributed by atoms with Gasteiger partial charge < -0.3 is 20.9 Å². The van der Waals surface area contributed by atoms with Gasteiger partial charge in [0.15, 0.2) is 11.6 Å². The van der Waals surface area contributed by atoms with E-state index in [1.165, 1.54) is 24.3 Å². The van der Waals surface area contributed by atoms with Crippen LogP contribution < -0.4 is 15.7 Å². The van der Waals surface area contributed by atoms with E-state index in [1.54, 1.807) is 0 Å². The molecule has 0 atom stereocenters. The van der Waals surface area contributed by atoms with E-state index in [4.69, 9.17) is 15.7 Å². The number of benzene rings is 1. The Bertz CT molecular complexity index is 565. The van der Waals surface area contributed by atoms with Crippen molar-refractivity contribution < 1.29 is 14.3 Å². The predicted octanol–water partition coefficient (Wildman–Crippen LogP) is 1.68. The topological polar surface area (TPSA) is 108 Å². The standard InChI is InChI=1S/C10H8FN4O3/c11-8-5-13-10(14-9(8)12)18-7-3-1-2-6(4-7)15(16)17/h1-5,16H,(H2,12,13,14)/q-1. The highest BCUT2D eigenvalue weighted by molar-refractivity contribution is 5.49. The summed E-state index contributed by atoms with van der Waals surface area (Å²) in [5.41, 5.74) is 5.22. The van der Waals surface area contributed by atoms with Crippen LogP contribution in [-0.4, -0.2) is 15.2 Å². The van der Waals surface area contributed by atoms with Gasteiger partial charge in [0, 0.05) is 6.07 Å². The van der Waals surface area contributed by atoms with Gasteiger partial charge in [-0.05, 0) is 12.1 Å². The molecule has 1 aromatic carbocycles. The molecule has 0 bridgehead atoms. The molecule has 1 aromatic heterocycles. The average molecular weight is 251 g/mol. The summed E-state index contributed by atoms with van der Waals surface area (Å²) >= 11 is 0. The molecule has 0 spiro atoms. The SMILES string of the molecule is Nc1nc(Oc2cccc(N([O-])O)c2)ncc1F. The second-order valence-electron chi connectivity index (χ2n) is 3.26. The van der Waals surface area contributed by atoms with Crippen LogP contribution in [0.25, 0.3) is 0 Å². The van der Waals surface area contributed by atoms with Crippen molar-refractivity contribution in [3.63, 3.8) is 0 Å². The summed E-state index contributed by atoms with van der Waals surface area (Å²) in [6.45, 7) is 0. The van der Waals surface area contributed by atoms with Crippen LogP contribution in [0.5, 0.6) is 11.8 Å². The Morgan fingerprint density at radius 3 is 2.89 bits per heavy atom. The first-order chi connectivity index (χ1) is 8.56. The molecule has 0 aliphatic heterocycles. The van der Waals surface area contributed by atoms with Crippen molar-refractivity contribution in [2.75, 3.05) is 11.0 Å². The number of hydrogen-bond acceptors (Lipinski definition) is 7. The first-order valence-corrected chi connectivity index (χ1v) is 4.78. The van der Waals surface area contributed by atoms with E-state index in [1.807, 2.05) is 0 Å². The molecular weight excluding hydrogens is 243 g/mol. The third-order valence-electron chi connectivity index (χ3n) is 2.00. The molecule has 0 unspecified atom stereocenters. The zero-order chi connectivity index (χ0) is 13.1. The fraction of sp³-hybridized carbons (Fsp3) is 0. The predicted molar refractivity (Wildman–Crippen MR) is 60.6 cm³/mol. The van der Waals surface area contributed by atoms with Crippen molar-refractivity contribution >= 4 is 11.5 Å². The molecule has 0 saturated carbocycles. The molecule has 0 radical (unpaired) electrons. The van der Waals surface area contributed by atoms with E-state index in [0.717, 1.165) is 6.20 Å². The maximum absolute atomic E-state index is 12.8. The van der Waals surface area contributed by atoms with Gasteiger partial charge in [0.25, 0.3) is 0 Å². The van der Waals surface area contributed by atoms with E-state index in [9.17, 15) is 9.60 Å². The number of anilines is 2. The Labute approximate surface area is 101 Å². The minimum Gasteiger partial charge on any atom is -0.733 e. The zero-order valence-electron chi connectivity index (χ0n) is 8.95. The summed E-state index contributed by atoms with van der Waals surface area (Å²) in [4.78, 5) is 7.12. The van der Waals surface area contributed by atoms with Gasteiger partial charge in [-0.2, -0.15) is 4.98 Å². The van der Waals surface area contributed by atoms with Crippen LogP contribution in [0, 0.1) is 11.0 Å². The third kappa shape index (κ3) is 2.62. The summed E-state index contributed by atoms with van der Waals surface area (Å²) in [7, 11) is 0. The summed E-state index contributed by atoms with van der Waals surface area (Å²) in [6, 6.07) is 5.46. The highest BCUT2D eigenvalue weighted by Gasteiger charge is 2.06. The Hall–Kier alpha value is -2.45. The number of ether oxygens (including phenoxy) is 1. The first-order valence-electron chi connectivity index (χ1n) is 4.78. The fourth-order valence-corrected chi connectivity index (χ4v) is 1.18. The Kier molecular flexibility index (Phi) is 3.22. The molecular formula is C10H8FN4O3-. The average Bonchev–Trinajstić information content (AvgIpc) is 2.34. The van der Waals surface area contributed by atoms with Gasteiger partial charge in [-0.15, -0.1) is 0 Å². The van der Waals surface area contributed by atoms with Crippen molar-refractivity contribution in [1.82, 2.24) is 9.97 Å². The van der Waals surface area contributed by atoms with Gasteiger partial charge in [0.05, 0.1) is 11.9 Å². The lowest BCUT2D eigenvalue weighted by atomic mass is 10.3. The summed E-state index contributed by atoms with van der Waals surface area (Å²) in [5.74, 6) is -0.894. The summed E-state index contributed by atoms with van der Waals surface area (Å²) < 4.78 is 18.0. The maximum atomic E-state index is 12.8. The van der Waals surface area contributed by atoms with Gasteiger partial charge >= 0.3 is 6.01 Å². The molecule has 2 rings (SSSR count). The molecule has 94 valence electrons. The van der Waals surface area contributed by atoms with Crippen LogP contribution in [0.4, 0.5) is 15.9 Å². The number of nitrogens with zero attached hydrogens (tertiary/aromatic N) is 3. The lowest BCUT2D eigenvalue weighted by molar-refractivity contribution is 0.296. The summed E-state index contributed by atoms with van der Waals surface area (Å²) in [5, 5.41) is 19.1. The van der Waals surface area contributed by atoms with E-state index >= 15 is 0 Å². The molecule has 8 heteroatoms. The van der Waals surface area contributed by atoms with Crippen molar-refractivity contribution in [2.45, 2.75) is 0 Å². The maximum Gasteiger partial charge on any atom is 0.324 e. The third-order valence-corrected chi connectivity index (χ3v) is 2.00. The van der Waals surface area contributed by atoms with E-state index in [2.05, 4.69) is 9.97 Å². The number of halogens is 1. The van der Waals surface area contributed by atoms with E-state index < -0.39 is 5.82 Å². The normalized spacial score (nSPS) is 10.2. The molecule has 0 aliphatic rings. The molecule has 2 aromatic rings. The number of rotatable bonds is 3. The Morgan fingerprint density at radius 1 is 1.44 bits per heavy atom. The number of nitrogens with two attached hydrogens (primary N) is 1. The molecule has 0 amide bonds. The minimum atomic E-state index is -0.753. The Morgan fingerprint density at radius 2 is 2.22 bits per heavy atom. The van der Waals surface area contributed by atoms with Crippen LogP contribution in [-0.2, 0) is 0 Å². The van der Waals surface area contributed by atoms with Crippen LogP contribution in [0.15, 0.2) is 30.5 Å². The minimum absolute atomic E-state index is 0.0254. The van der Waals surface area contributed by atoms with Gasteiger partial charge in [-0.3, -0.25) is 5.21 Å². The first kappa shape index (κ1) is 12.0. The number of nitrogen functional groups attached to an aromatic ring is 1. The van der Waals surface area contributed by atoms with E-state index in [-0.39, 0.29) is 28.5 Å². The molecule has 0 aliphatic carbocycles. The Balaban J connectivity index is 2.23. The van der Waals surface area contributed by atoms with Gasteiger partial charge in [0.2, 0.25) is 0 Å². The quantitative estimate of drug-likeness (QED) is 0.799. The lowest BCUT2D eigenvalue weighted by Gasteiger charge is -2.21. The van der Waals surface area contributed by atoms with Crippen molar-refractivity contribution in [3.8, 4) is 11.8 Å². The second-order valence-corrected chi connectivity index (χ2v) is 3.26. The van der Waals surface area contributed by atoms with Crippen LogP contribution >= 0.6 is 0 Å². The lowest BCUT2D eigenvalue weighted by Crippen LogP contribution is -2.06.